The van der Waals surface area contributed by atoms with Crippen LogP contribution in [-0.2, 0) is 16.3 Å². The molecule has 2 rings (SSSR count). The number of oxazole rings is 1. The first kappa shape index (κ1) is 14.7. The molecule has 2 aromatic rings. The highest BCUT2D eigenvalue weighted by Crippen LogP contribution is 2.23. The van der Waals surface area contributed by atoms with Crippen LogP contribution in [0.4, 0.5) is 0 Å². The van der Waals surface area contributed by atoms with Crippen molar-refractivity contribution < 1.29 is 12.8 Å². The fourth-order valence-electron chi connectivity index (χ4n) is 1.86. The van der Waals surface area contributed by atoms with Crippen molar-refractivity contribution in [3.63, 3.8) is 0 Å². The molecule has 0 atom stereocenters. The fraction of sp³-hybridized carbons (Fsp3) is 0.357. The molecule has 0 fully saturated rings. The van der Waals surface area contributed by atoms with Gasteiger partial charge in [0.15, 0.2) is 21.5 Å². The molecule has 108 valence electrons. The van der Waals surface area contributed by atoms with Crippen molar-refractivity contribution in [2.75, 3.05) is 19.8 Å². The first-order valence-corrected chi connectivity index (χ1v) is 8.29. The molecule has 0 aliphatic rings. The Labute approximate surface area is 119 Å². The van der Waals surface area contributed by atoms with Crippen LogP contribution in [0.5, 0.6) is 0 Å². The first-order valence-electron chi connectivity index (χ1n) is 6.40. The molecule has 0 spiro atoms. The number of aryl methyl sites for hydroxylation is 1. The Morgan fingerprint density at radius 1 is 1.35 bits per heavy atom. The minimum atomic E-state index is -3.21. The lowest BCUT2D eigenvalue weighted by Crippen LogP contribution is -2.08. The van der Waals surface area contributed by atoms with Crippen molar-refractivity contribution in [3.8, 4) is 11.3 Å². The molecule has 5 nitrogen and oxygen atoms in total. The third-order valence-corrected chi connectivity index (χ3v) is 4.03. The molecule has 0 bridgehead atoms. The van der Waals surface area contributed by atoms with Crippen LogP contribution < -0.4 is 5.32 Å². The normalized spacial score (nSPS) is 11.7. The zero-order valence-electron chi connectivity index (χ0n) is 11.6. The van der Waals surface area contributed by atoms with Gasteiger partial charge in [0.05, 0.1) is 11.1 Å². The Morgan fingerprint density at radius 2 is 2.15 bits per heavy atom. The molecule has 0 aliphatic carbocycles. The summed E-state index contributed by atoms with van der Waals surface area (Å²) in [7, 11) is -1.31. The molecule has 20 heavy (non-hydrogen) atoms. The number of nitrogens with zero attached hydrogens (tertiary/aromatic N) is 1. The lowest BCUT2D eigenvalue weighted by atomic mass is 10.2. The summed E-state index contributed by atoms with van der Waals surface area (Å²) >= 11 is 0. The van der Waals surface area contributed by atoms with E-state index in [4.69, 9.17) is 4.42 Å². The van der Waals surface area contributed by atoms with Crippen molar-refractivity contribution in [1.29, 1.82) is 0 Å². The van der Waals surface area contributed by atoms with E-state index in [0.29, 0.717) is 11.7 Å². The summed E-state index contributed by atoms with van der Waals surface area (Å²) < 4.78 is 28.7. The molecule has 1 N–H and O–H groups in total. The number of hydrogen-bond donors (Lipinski definition) is 1. The van der Waals surface area contributed by atoms with Crippen LogP contribution in [0.3, 0.4) is 0 Å². The second-order valence-electron chi connectivity index (χ2n) is 4.63. The highest BCUT2D eigenvalue weighted by Gasteiger charge is 2.11. The Morgan fingerprint density at radius 3 is 2.85 bits per heavy atom. The van der Waals surface area contributed by atoms with Gasteiger partial charge in [-0.05, 0) is 32.1 Å². The topological polar surface area (TPSA) is 72.2 Å². The highest BCUT2D eigenvalue weighted by molar-refractivity contribution is 7.90. The van der Waals surface area contributed by atoms with Gasteiger partial charge in [0.2, 0.25) is 0 Å². The van der Waals surface area contributed by atoms with E-state index in [0.717, 1.165) is 24.9 Å². The Balaban J connectivity index is 2.20. The monoisotopic (exact) mass is 294 g/mol. The number of sulfone groups is 1. The Kier molecular flexibility index (Phi) is 4.57. The van der Waals surface area contributed by atoms with Crippen molar-refractivity contribution >= 4 is 9.84 Å². The largest absolute Gasteiger partial charge is 0.441 e. The Bertz CT molecular complexity index is 677. The highest BCUT2D eigenvalue weighted by atomic mass is 32.2. The lowest BCUT2D eigenvalue weighted by Gasteiger charge is -2.01. The smallest absolute Gasteiger partial charge is 0.194 e. The van der Waals surface area contributed by atoms with E-state index in [9.17, 15) is 8.42 Å². The molecule has 1 aromatic heterocycles. The van der Waals surface area contributed by atoms with Crippen LogP contribution in [0.2, 0.25) is 0 Å². The molecular formula is C14H18N2O3S. The maximum absolute atomic E-state index is 11.5. The number of hydrogen-bond acceptors (Lipinski definition) is 5. The van der Waals surface area contributed by atoms with E-state index in [1.165, 1.54) is 6.26 Å². The average Bonchev–Trinajstić information content (AvgIpc) is 2.87. The third kappa shape index (κ3) is 3.68. The standard InChI is InChI=1S/C14H18N2O3S/c1-15-8-4-7-14-16-10-13(19-14)11-5-3-6-12(9-11)20(2,17)18/h3,5-6,9-10,15H,4,7-8H2,1-2H3. The van der Waals surface area contributed by atoms with E-state index in [2.05, 4.69) is 10.3 Å². The molecule has 0 radical (unpaired) electrons. The summed E-state index contributed by atoms with van der Waals surface area (Å²) in [4.78, 5) is 4.49. The zero-order chi connectivity index (χ0) is 14.6. The maximum atomic E-state index is 11.5. The van der Waals surface area contributed by atoms with Crippen molar-refractivity contribution in [2.24, 2.45) is 0 Å². The van der Waals surface area contributed by atoms with E-state index < -0.39 is 9.84 Å². The van der Waals surface area contributed by atoms with Gasteiger partial charge in [-0.3, -0.25) is 0 Å². The molecule has 1 aromatic carbocycles. The summed E-state index contributed by atoms with van der Waals surface area (Å²) in [5.41, 5.74) is 0.722. The van der Waals surface area contributed by atoms with Gasteiger partial charge in [0.1, 0.15) is 0 Å². The predicted molar refractivity (Wildman–Crippen MR) is 77.3 cm³/mol. The second kappa shape index (κ2) is 6.19. The van der Waals surface area contributed by atoms with Gasteiger partial charge in [-0.15, -0.1) is 0 Å². The minimum Gasteiger partial charge on any atom is -0.441 e. The van der Waals surface area contributed by atoms with Crippen molar-refractivity contribution in [2.45, 2.75) is 17.7 Å². The van der Waals surface area contributed by atoms with Gasteiger partial charge in [0.25, 0.3) is 0 Å². The third-order valence-electron chi connectivity index (χ3n) is 2.92. The quantitative estimate of drug-likeness (QED) is 0.824. The van der Waals surface area contributed by atoms with Gasteiger partial charge >= 0.3 is 0 Å². The molecular weight excluding hydrogens is 276 g/mol. The van der Waals surface area contributed by atoms with Crippen LogP contribution in [0.1, 0.15) is 12.3 Å². The van der Waals surface area contributed by atoms with Gasteiger partial charge in [-0.25, -0.2) is 13.4 Å². The van der Waals surface area contributed by atoms with Gasteiger partial charge < -0.3 is 9.73 Å². The summed E-state index contributed by atoms with van der Waals surface area (Å²) in [6.07, 6.45) is 4.53. The minimum absolute atomic E-state index is 0.281. The summed E-state index contributed by atoms with van der Waals surface area (Å²) in [6.45, 7) is 0.904. The number of rotatable bonds is 6. The Hall–Kier alpha value is -1.66. The summed E-state index contributed by atoms with van der Waals surface area (Å²) in [5, 5.41) is 3.06. The fourth-order valence-corrected chi connectivity index (χ4v) is 2.52. The molecule has 0 aliphatic heterocycles. The first-order chi connectivity index (χ1) is 9.50. The molecule has 1 heterocycles. The number of benzene rings is 1. The molecule has 0 saturated heterocycles. The van der Waals surface area contributed by atoms with Gasteiger partial charge in [-0.2, -0.15) is 0 Å². The summed E-state index contributed by atoms with van der Waals surface area (Å²) in [6, 6.07) is 6.69. The summed E-state index contributed by atoms with van der Waals surface area (Å²) in [5.74, 6) is 1.26. The van der Waals surface area contributed by atoms with Crippen LogP contribution in [0.25, 0.3) is 11.3 Å². The van der Waals surface area contributed by atoms with Gasteiger partial charge in [-0.1, -0.05) is 12.1 Å². The second-order valence-corrected chi connectivity index (χ2v) is 6.64. The SMILES string of the molecule is CNCCCc1ncc(-c2cccc(S(C)(=O)=O)c2)o1. The van der Waals surface area contributed by atoms with Crippen LogP contribution in [-0.4, -0.2) is 33.2 Å². The van der Waals surface area contributed by atoms with E-state index in [-0.39, 0.29) is 4.90 Å². The number of aromatic nitrogens is 1. The molecule has 6 heteroatoms. The molecule has 0 unspecified atom stereocenters. The van der Waals surface area contributed by atoms with Crippen LogP contribution in [0.15, 0.2) is 39.8 Å². The number of nitrogens with one attached hydrogen (secondary N) is 1. The van der Waals surface area contributed by atoms with Gasteiger partial charge in [0, 0.05) is 18.2 Å². The predicted octanol–water partition coefficient (Wildman–Crippen LogP) is 1.90. The molecule has 0 saturated carbocycles. The lowest BCUT2D eigenvalue weighted by molar-refractivity contribution is 0.495. The van der Waals surface area contributed by atoms with Crippen LogP contribution in [0, 0.1) is 0 Å². The zero-order valence-corrected chi connectivity index (χ0v) is 12.4. The van der Waals surface area contributed by atoms with Crippen molar-refractivity contribution in [1.82, 2.24) is 10.3 Å². The van der Waals surface area contributed by atoms with E-state index in [1.807, 2.05) is 13.1 Å². The van der Waals surface area contributed by atoms with E-state index in [1.54, 1.807) is 24.4 Å². The van der Waals surface area contributed by atoms with E-state index >= 15 is 0 Å². The average molecular weight is 294 g/mol. The van der Waals surface area contributed by atoms with Crippen LogP contribution >= 0.6 is 0 Å². The maximum Gasteiger partial charge on any atom is 0.194 e. The molecule has 0 amide bonds. The van der Waals surface area contributed by atoms with Crippen molar-refractivity contribution in [3.05, 3.63) is 36.4 Å².